The Labute approximate surface area is 378 Å². The van der Waals surface area contributed by atoms with Gasteiger partial charge in [0.15, 0.2) is 36.6 Å². The Morgan fingerprint density at radius 1 is 0.906 bits per heavy atom. The first-order valence-electron chi connectivity index (χ1n) is 21.4. The van der Waals surface area contributed by atoms with Crippen LogP contribution in [-0.2, 0) is 36.6 Å². The number of aryl methyl sites for hydroxylation is 1. The van der Waals surface area contributed by atoms with Gasteiger partial charge in [-0.1, -0.05) is 67.3 Å². The number of fused-ring (bicyclic) bond motifs is 12. The number of nitriles is 1. The highest BCUT2D eigenvalue weighted by Gasteiger charge is 2.57. The van der Waals surface area contributed by atoms with Crippen molar-refractivity contribution in [1.82, 2.24) is 9.80 Å². The molecule has 0 saturated carbocycles. The van der Waals surface area contributed by atoms with Crippen molar-refractivity contribution in [3.8, 4) is 45.9 Å². The number of esters is 1. The molecule has 5 atom stereocenters. The number of thioether (sulfide) groups is 1. The molecule has 0 radical (unpaired) electrons. The van der Waals surface area contributed by atoms with E-state index in [2.05, 4.69) is 84.1 Å². The molecule has 1 aliphatic carbocycles. The molecule has 2 bridgehead atoms. The monoisotopic (exact) mass is 887 g/mol. The molecular formula is C50H53N3O10S. The molecule has 5 aliphatic rings. The second-order valence-corrected chi connectivity index (χ2v) is 17.5. The summed E-state index contributed by atoms with van der Waals surface area (Å²) in [6, 6.07) is 19.6. The lowest BCUT2D eigenvalue weighted by Gasteiger charge is -2.59. The Balaban J connectivity index is 1.11. The van der Waals surface area contributed by atoms with Gasteiger partial charge in [-0.05, 0) is 67.1 Å². The van der Waals surface area contributed by atoms with Gasteiger partial charge < -0.3 is 42.6 Å². The number of hydrogen-bond donors (Lipinski definition) is 0. The van der Waals surface area contributed by atoms with Gasteiger partial charge in [-0.3, -0.25) is 9.80 Å². The number of nitrogens with zero attached hydrogens (tertiary/aromatic N) is 3. The van der Waals surface area contributed by atoms with E-state index in [1.807, 2.05) is 13.8 Å². The van der Waals surface area contributed by atoms with Crippen molar-refractivity contribution < 1.29 is 47.4 Å². The SMILES string of the molecule is C=CCOc1c(C)c2c(c3c1CC1[C@H]4c5c(cc(C)c(OC)c5OCOC)C[C@@H]([C@H](C#N)N1[C@H]3COC(=O)C(=CSCC1c3ccccc3-c3ccccc31)OCOC)N4C)OCO2. The predicted molar refractivity (Wildman–Crippen MR) is 241 cm³/mol. The molecule has 1 fully saturated rings. The fraction of sp³-hybridized carbons (Fsp3) is 0.400. The largest absolute Gasteiger partial charge is 0.493 e. The lowest BCUT2D eigenvalue weighted by Crippen LogP contribution is -2.68. The molecule has 0 N–H and O–H groups in total. The number of likely N-dealkylation sites (N-methyl/N-ethyl adjacent to an activating group) is 1. The normalized spacial score (nSPS) is 21.7. The second-order valence-electron chi connectivity index (χ2n) is 16.6. The fourth-order valence-electron chi connectivity index (χ4n) is 10.7. The number of hydrogen-bond acceptors (Lipinski definition) is 14. The summed E-state index contributed by atoms with van der Waals surface area (Å²) in [6.07, 6.45) is 2.74. The fourth-order valence-corrected chi connectivity index (χ4v) is 11.7. The summed E-state index contributed by atoms with van der Waals surface area (Å²) in [7, 11) is 6.81. The van der Waals surface area contributed by atoms with Crippen LogP contribution >= 0.6 is 11.8 Å². The molecule has 4 aromatic carbocycles. The van der Waals surface area contributed by atoms with Crippen LogP contribution in [0.25, 0.3) is 11.1 Å². The molecule has 1 saturated heterocycles. The van der Waals surface area contributed by atoms with E-state index in [1.54, 1.807) is 25.7 Å². The third-order valence-corrected chi connectivity index (χ3v) is 14.1. The zero-order valence-electron chi connectivity index (χ0n) is 37.0. The van der Waals surface area contributed by atoms with Crippen LogP contribution in [0.2, 0.25) is 0 Å². The quantitative estimate of drug-likeness (QED) is 0.0355. The van der Waals surface area contributed by atoms with E-state index in [0.717, 1.165) is 33.4 Å². The van der Waals surface area contributed by atoms with E-state index in [4.69, 9.17) is 42.6 Å². The summed E-state index contributed by atoms with van der Waals surface area (Å²) in [5.41, 5.74) is 10.4. The van der Waals surface area contributed by atoms with Gasteiger partial charge in [-0.15, -0.1) is 11.8 Å². The Kier molecular flexibility index (Phi) is 12.5. The number of ether oxygens (including phenoxy) is 9. The molecule has 4 aliphatic heterocycles. The van der Waals surface area contributed by atoms with E-state index in [9.17, 15) is 10.1 Å². The maximum absolute atomic E-state index is 14.4. The molecular weight excluding hydrogens is 835 g/mol. The first kappa shape index (κ1) is 43.6. The lowest BCUT2D eigenvalue weighted by molar-refractivity contribution is -0.150. The van der Waals surface area contributed by atoms with Gasteiger partial charge in [0.2, 0.25) is 12.6 Å². The Morgan fingerprint density at radius 2 is 1.62 bits per heavy atom. The standard InChI is InChI=1S/C50H53N3O10S/c1-8-17-58-46-29(3)47-49(63-27-62-47)43-35(46)20-38-44-42-30(18-28(2)45(57-7)48(42)61-26-56-6)19-37(52(44)4)39(21-51)53(38)40(43)22-59-50(54)41(60-25-55-5)24-64-23-36-33-15-11-9-13-31(33)32-14-10-12-16-34(32)36/h8-16,18,24,36-40,44H,1,17,19-20,22-23,25-27H2,2-7H3/t37-,38?,39-,40-,44-/m0/s1. The van der Waals surface area contributed by atoms with Crippen molar-refractivity contribution >= 4 is 17.7 Å². The molecule has 64 heavy (non-hydrogen) atoms. The van der Waals surface area contributed by atoms with Gasteiger partial charge in [0.1, 0.15) is 25.0 Å². The summed E-state index contributed by atoms with van der Waals surface area (Å²) in [4.78, 5) is 18.9. The Bertz CT molecular complexity index is 2490. The van der Waals surface area contributed by atoms with Crippen LogP contribution in [0.1, 0.15) is 62.5 Å². The van der Waals surface area contributed by atoms with Gasteiger partial charge in [-0.2, -0.15) is 5.26 Å². The van der Waals surface area contributed by atoms with Crippen molar-refractivity contribution in [3.63, 3.8) is 0 Å². The molecule has 4 aromatic rings. The first-order valence-corrected chi connectivity index (χ1v) is 22.5. The van der Waals surface area contributed by atoms with Gasteiger partial charge in [-0.25, -0.2) is 4.79 Å². The Morgan fingerprint density at radius 3 is 2.31 bits per heavy atom. The zero-order chi connectivity index (χ0) is 44.6. The van der Waals surface area contributed by atoms with Crippen molar-refractivity contribution in [2.24, 2.45) is 0 Å². The van der Waals surface area contributed by atoms with E-state index < -0.39 is 18.1 Å². The highest BCUT2D eigenvalue weighted by atomic mass is 32.2. The minimum Gasteiger partial charge on any atom is -0.493 e. The number of benzene rings is 4. The molecule has 0 spiro atoms. The van der Waals surface area contributed by atoms with Crippen molar-refractivity contribution in [2.45, 2.75) is 62.8 Å². The molecule has 14 heteroatoms. The molecule has 0 aromatic heterocycles. The third-order valence-electron chi connectivity index (χ3n) is 13.2. The number of carbonyl (C=O) groups excluding carboxylic acids is 1. The Hall–Kier alpha value is -5.69. The highest BCUT2D eigenvalue weighted by molar-refractivity contribution is 8.02. The first-order chi connectivity index (χ1) is 31.3. The lowest BCUT2D eigenvalue weighted by atomic mass is 9.71. The summed E-state index contributed by atoms with van der Waals surface area (Å²) in [6.45, 7) is 7.88. The van der Waals surface area contributed by atoms with Crippen LogP contribution in [0.15, 0.2) is 78.4 Å². The highest BCUT2D eigenvalue weighted by Crippen LogP contribution is 2.59. The van der Waals surface area contributed by atoms with E-state index in [-0.39, 0.29) is 63.4 Å². The van der Waals surface area contributed by atoms with Crippen LogP contribution in [0.5, 0.6) is 28.7 Å². The topological polar surface area (TPSA) is 130 Å². The predicted octanol–water partition coefficient (Wildman–Crippen LogP) is 7.91. The molecule has 9 rings (SSSR count). The summed E-state index contributed by atoms with van der Waals surface area (Å²) < 4.78 is 54.2. The second kappa shape index (κ2) is 18.4. The van der Waals surface area contributed by atoms with Gasteiger partial charge in [0, 0.05) is 65.6 Å². The van der Waals surface area contributed by atoms with Gasteiger partial charge in [0.25, 0.3) is 0 Å². The summed E-state index contributed by atoms with van der Waals surface area (Å²) in [5.74, 6) is 3.16. The zero-order valence-corrected chi connectivity index (χ0v) is 37.8. The van der Waals surface area contributed by atoms with Crippen molar-refractivity contribution in [1.29, 1.82) is 5.26 Å². The number of methoxy groups -OCH3 is 3. The van der Waals surface area contributed by atoms with Crippen LogP contribution in [0, 0.1) is 25.2 Å². The molecule has 0 amide bonds. The maximum Gasteiger partial charge on any atom is 0.374 e. The van der Waals surface area contributed by atoms with Crippen molar-refractivity contribution in [3.05, 3.63) is 123 Å². The van der Waals surface area contributed by atoms with E-state index in [0.29, 0.717) is 47.3 Å². The van der Waals surface area contributed by atoms with Crippen LogP contribution in [0.3, 0.4) is 0 Å². The molecule has 1 unspecified atom stereocenters. The van der Waals surface area contributed by atoms with Gasteiger partial charge in [0.05, 0.1) is 25.3 Å². The molecule has 334 valence electrons. The van der Waals surface area contributed by atoms with E-state index in [1.165, 1.54) is 41.1 Å². The van der Waals surface area contributed by atoms with Crippen molar-refractivity contribution in [2.75, 3.05) is 67.7 Å². The number of rotatable bonds is 16. The average Bonchev–Trinajstić information content (AvgIpc) is 3.92. The van der Waals surface area contributed by atoms with Crippen LogP contribution in [0.4, 0.5) is 0 Å². The summed E-state index contributed by atoms with van der Waals surface area (Å²) in [5, 5.41) is 13.0. The minimum atomic E-state index is -0.664. The maximum atomic E-state index is 14.4. The van der Waals surface area contributed by atoms with E-state index >= 15 is 0 Å². The van der Waals surface area contributed by atoms with Crippen LogP contribution < -0.4 is 23.7 Å². The third kappa shape index (κ3) is 7.33. The number of carbonyl (C=O) groups is 1. The van der Waals surface area contributed by atoms with Crippen LogP contribution in [-0.4, -0.2) is 102 Å². The average molecular weight is 888 g/mol. The smallest absolute Gasteiger partial charge is 0.374 e. The number of piperazine rings is 1. The molecule has 4 heterocycles. The summed E-state index contributed by atoms with van der Waals surface area (Å²) >= 11 is 1.49. The molecule has 13 nitrogen and oxygen atoms in total. The minimum absolute atomic E-state index is 0.0107. The van der Waals surface area contributed by atoms with Gasteiger partial charge >= 0.3 is 5.97 Å².